The van der Waals surface area contributed by atoms with Gasteiger partial charge >= 0.3 is 0 Å². The molecule has 6 nitrogen and oxygen atoms in total. The van der Waals surface area contributed by atoms with Crippen molar-refractivity contribution in [2.75, 3.05) is 19.0 Å². The summed E-state index contributed by atoms with van der Waals surface area (Å²) in [6.45, 7) is 5.04. The Morgan fingerprint density at radius 3 is 2.41 bits per heavy atom. The standard InChI is InChI=1S/C23H28N4O2/c1-4-16(2)8-7-15-24-23(28)21-22(25-17-11-13-18(29-3)14-12-17)27-20-10-6-5-9-19(20)26-21/h5-6,9-14,16H,4,7-8,15H2,1-3H3,(H,24,28)(H,25,27). The van der Waals surface area contributed by atoms with Crippen molar-refractivity contribution in [3.63, 3.8) is 0 Å². The fourth-order valence-electron chi connectivity index (χ4n) is 3.00. The van der Waals surface area contributed by atoms with Crippen molar-refractivity contribution >= 4 is 28.4 Å². The zero-order valence-electron chi connectivity index (χ0n) is 17.2. The molecule has 0 fully saturated rings. The van der Waals surface area contributed by atoms with Gasteiger partial charge in [0.05, 0.1) is 18.1 Å². The second-order valence-corrected chi connectivity index (χ2v) is 7.17. The zero-order chi connectivity index (χ0) is 20.6. The average molecular weight is 393 g/mol. The lowest BCUT2D eigenvalue weighted by molar-refractivity contribution is 0.0948. The summed E-state index contributed by atoms with van der Waals surface area (Å²) in [5, 5.41) is 6.21. The molecule has 2 N–H and O–H groups in total. The van der Waals surface area contributed by atoms with E-state index in [9.17, 15) is 4.79 Å². The molecule has 1 aromatic heterocycles. The fraction of sp³-hybridized carbons (Fsp3) is 0.348. The highest BCUT2D eigenvalue weighted by Crippen LogP contribution is 2.23. The van der Waals surface area contributed by atoms with Crippen molar-refractivity contribution in [2.24, 2.45) is 5.92 Å². The van der Waals surface area contributed by atoms with Crippen LogP contribution in [0.2, 0.25) is 0 Å². The molecule has 1 amide bonds. The molecule has 0 aliphatic heterocycles. The van der Waals surface area contributed by atoms with Crippen molar-refractivity contribution in [3.8, 4) is 5.75 Å². The number of anilines is 2. The van der Waals surface area contributed by atoms with Crippen LogP contribution >= 0.6 is 0 Å². The third kappa shape index (κ3) is 5.44. The number of nitrogens with one attached hydrogen (secondary N) is 2. The fourth-order valence-corrected chi connectivity index (χ4v) is 3.00. The molecule has 3 rings (SSSR count). The summed E-state index contributed by atoms with van der Waals surface area (Å²) >= 11 is 0. The summed E-state index contributed by atoms with van der Waals surface area (Å²) in [7, 11) is 1.63. The number of carbonyl (C=O) groups is 1. The normalized spacial score (nSPS) is 11.8. The Balaban J connectivity index is 1.81. The number of ether oxygens (including phenoxy) is 1. The summed E-state index contributed by atoms with van der Waals surface area (Å²) in [5.74, 6) is 1.65. The van der Waals surface area contributed by atoms with Crippen molar-refractivity contribution in [1.29, 1.82) is 0 Å². The van der Waals surface area contributed by atoms with Crippen LogP contribution in [0.4, 0.5) is 11.5 Å². The predicted molar refractivity (Wildman–Crippen MR) is 117 cm³/mol. The first-order chi connectivity index (χ1) is 14.1. The number of hydrogen-bond acceptors (Lipinski definition) is 5. The van der Waals surface area contributed by atoms with Crippen LogP contribution in [0.1, 0.15) is 43.6 Å². The molecule has 3 aromatic rings. The number of carbonyl (C=O) groups excluding carboxylic acids is 1. The second-order valence-electron chi connectivity index (χ2n) is 7.17. The monoisotopic (exact) mass is 392 g/mol. The minimum atomic E-state index is -0.219. The van der Waals surface area contributed by atoms with Crippen LogP contribution in [0.5, 0.6) is 5.75 Å². The Morgan fingerprint density at radius 2 is 1.76 bits per heavy atom. The topological polar surface area (TPSA) is 76.1 Å². The molecule has 29 heavy (non-hydrogen) atoms. The van der Waals surface area contributed by atoms with Gasteiger partial charge in [0.1, 0.15) is 5.75 Å². The van der Waals surface area contributed by atoms with Crippen LogP contribution in [0, 0.1) is 5.92 Å². The molecule has 1 atom stereocenters. The number of nitrogens with zero attached hydrogens (tertiary/aromatic N) is 2. The van der Waals surface area contributed by atoms with E-state index in [4.69, 9.17) is 4.74 Å². The Labute approximate surface area is 171 Å². The van der Waals surface area contributed by atoms with E-state index in [2.05, 4.69) is 34.4 Å². The van der Waals surface area contributed by atoms with E-state index in [0.717, 1.165) is 36.2 Å². The van der Waals surface area contributed by atoms with Crippen molar-refractivity contribution in [3.05, 3.63) is 54.2 Å². The van der Waals surface area contributed by atoms with Gasteiger partial charge in [-0.1, -0.05) is 32.4 Å². The lowest BCUT2D eigenvalue weighted by Gasteiger charge is -2.13. The predicted octanol–water partition coefficient (Wildman–Crippen LogP) is 4.94. The van der Waals surface area contributed by atoms with Gasteiger partial charge in [0.25, 0.3) is 5.91 Å². The van der Waals surface area contributed by atoms with Gasteiger partial charge in [-0.05, 0) is 55.2 Å². The minimum absolute atomic E-state index is 0.219. The second kappa shape index (κ2) is 9.87. The van der Waals surface area contributed by atoms with Crippen molar-refractivity contribution < 1.29 is 9.53 Å². The van der Waals surface area contributed by atoms with E-state index < -0.39 is 0 Å². The van der Waals surface area contributed by atoms with Gasteiger partial charge in [-0.3, -0.25) is 4.79 Å². The Morgan fingerprint density at radius 1 is 1.07 bits per heavy atom. The quantitative estimate of drug-likeness (QED) is 0.505. The Hall–Kier alpha value is -3.15. The first kappa shape index (κ1) is 20.6. The highest BCUT2D eigenvalue weighted by molar-refractivity contribution is 5.99. The molecule has 1 unspecified atom stereocenters. The molecular formula is C23H28N4O2. The molecule has 0 spiro atoms. The number of amides is 1. The van der Waals surface area contributed by atoms with Crippen LogP contribution < -0.4 is 15.4 Å². The average Bonchev–Trinajstić information content (AvgIpc) is 2.76. The van der Waals surface area contributed by atoms with Gasteiger partial charge in [0.15, 0.2) is 11.5 Å². The summed E-state index contributed by atoms with van der Waals surface area (Å²) in [5.41, 5.74) is 2.53. The molecule has 6 heteroatoms. The largest absolute Gasteiger partial charge is 0.497 e. The Kier molecular flexibility index (Phi) is 7.00. The summed E-state index contributed by atoms with van der Waals surface area (Å²) in [4.78, 5) is 22.1. The van der Waals surface area contributed by atoms with Gasteiger partial charge < -0.3 is 15.4 Å². The number of aromatic nitrogens is 2. The number of rotatable bonds is 9. The summed E-state index contributed by atoms with van der Waals surface area (Å²) in [6, 6.07) is 15.0. The maximum absolute atomic E-state index is 12.8. The van der Waals surface area contributed by atoms with Crippen molar-refractivity contribution in [1.82, 2.24) is 15.3 Å². The van der Waals surface area contributed by atoms with Gasteiger partial charge in [-0.25, -0.2) is 9.97 Å². The van der Waals surface area contributed by atoms with Gasteiger partial charge in [0.2, 0.25) is 0 Å². The maximum Gasteiger partial charge on any atom is 0.273 e. The Bertz CT molecular complexity index is 957. The third-order valence-electron chi connectivity index (χ3n) is 4.99. The van der Waals surface area contributed by atoms with Crippen molar-refractivity contribution in [2.45, 2.75) is 33.1 Å². The van der Waals surface area contributed by atoms with Crippen LogP contribution in [0.25, 0.3) is 11.0 Å². The highest BCUT2D eigenvalue weighted by atomic mass is 16.5. The van der Waals surface area contributed by atoms with Crippen LogP contribution in [0.15, 0.2) is 48.5 Å². The van der Waals surface area contributed by atoms with Crippen LogP contribution in [-0.4, -0.2) is 29.5 Å². The molecule has 0 bridgehead atoms. The summed E-state index contributed by atoms with van der Waals surface area (Å²) < 4.78 is 5.20. The molecule has 1 heterocycles. The van der Waals surface area contributed by atoms with E-state index in [1.54, 1.807) is 7.11 Å². The minimum Gasteiger partial charge on any atom is -0.497 e. The zero-order valence-corrected chi connectivity index (χ0v) is 17.2. The van der Waals surface area contributed by atoms with Gasteiger partial charge in [-0.15, -0.1) is 0 Å². The molecular weight excluding hydrogens is 364 g/mol. The van der Waals surface area contributed by atoms with Crippen LogP contribution in [0.3, 0.4) is 0 Å². The summed E-state index contributed by atoms with van der Waals surface area (Å²) in [6.07, 6.45) is 3.19. The number of fused-ring (bicyclic) bond motifs is 1. The van der Waals surface area contributed by atoms with Gasteiger partial charge in [0, 0.05) is 12.2 Å². The van der Waals surface area contributed by atoms with E-state index in [-0.39, 0.29) is 5.91 Å². The van der Waals surface area contributed by atoms with E-state index >= 15 is 0 Å². The third-order valence-corrected chi connectivity index (χ3v) is 4.99. The molecule has 2 aromatic carbocycles. The lowest BCUT2D eigenvalue weighted by Crippen LogP contribution is -2.27. The number of para-hydroxylation sites is 2. The maximum atomic E-state index is 12.8. The molecule has 0 aliphatic rings. The molecule has 152 valence electrons. The molecule has 0 saturated heterocycles. The first-order valence-corrected chi connectivity index (χ1v) is 10.1. The number of benzene rings is 2. The molecule has 0 saturated carbocycles. The number of hydrogen-bond donors (Lipinski definition) is 2. The van der Waals surface area contributed by atoms with E-state index in [1.165, 1.54) is 0 Å². The van der Waals surface area contributed by atoms with E-state index in [0.29, 0.717) is 29.5 Å². The number of methoxy groups -OCH3 is 1. The first-order valence-electron chi connectivity index (χ1n) is 10.1. The lowest BCUT2D eigenvalue weighted by atomic mass is 10.0. The van der Waals surface area contributed by atoms with E-state index in [1.807, 2.05) is 48.5 Å². The van der Waals surface area contributed by atoms with Crippen LogP contribution in [-0.2, 0) is 0 Å². The smallest absolute Gasteiger partial charge is 0.273 e. The molecule has 0 radical (unpaired) electrons. The highest BCUT2D eigenvalue weighted by Gasteiger charge is 2.16. The SMILES string of the molecule is CCC(C)CCCNC(=O)c1nc2ccccc2nc1Nc1ccc(OC)cc1. The van der Waals surface area contributed by atoms with Gasteiger partial charge in [-0.2, -0.15) is 0 Å². The molecule has 0 aliphatic carbocycles.